The monoisotopic (exact) mass is 350 g/mol. The molecule has 0 saturated carbocycles. The minimum absolute atomic E-state index is 0.0982. The maximum Gasteiger partial charge on any atom is 0.274 e. The van der Waals surface area contributed by atoms with Gasteiger partial charge in [0.05, 0.1) is 0 Å². The summed E-state index contributed by atoms with van der Waals surface area (Å²) in [4.78, 5) is 28.5. The van der Waals surface area contributed by atoms with Gasteiger partial charge in [0.25, 0.3) is 5.91 Å². The summed E-state index contributed by atoms with van der Waals surface area (Å²) in [7, 11) is 0. The van der Waals surface area contributed by atoms with Crippen molar-refractivity contribution in [2.45, 2.75) is 39.0 Å². The van der Waals surface area contributed by atoms with Crippen LogP contribution in [0.1, 0.15) is 64.4 Å². The Bertz CT molecular complexity index is 857. The van der Waals surface area contributed by atoms with Crippen LogP contribution in [0.25, 0.3) is 5.57 Å². The van der Waals surface area contributed by atoms with E-state index in [1.807, 2.05) is 12.3 Å². The molecular weight excluding hydrogens is 328 g/mol. The molecule has 2 N–H and O–H groups in total. The summed E-state index contributed by atoms with van der Waals surface area (Å²) in [5.41, 5.74) is 7.15. The van der Waals surface area contributed by atoms with E-state index < -0.39 is 5.91 Å². The molecule has 1 aromatic heterocycles. The fourth-order valence-electron chi connectivity index (χ4n) is 3.46. The molecule has 0 atom stereocenters. The van der Waals surface area contributed by atoms with Gasteiger partial charge in [0.1, 0.15) is 0 Å². The van der Waals surface area contributed by atoms with E-state index in [0.717, 1.165) is 30.4 Å². The van der Waals surface area contributed by atoms with Crippen molar-refractivity contribution in [1.29, 1.82) is 0 Å². The van der Waals surface area contributed by atoms with E-state index in [1.54, 1.807) is 29.9 Å². The van der Waals surface area contributed by atoms with Crippen molar-refractivity contribution in [2.24, 2.45) is 0 Å². The number of benzene rings is 1. The molecule has 26 heavy (non-hydrogen) atoms. The number of aryl methyl sites for hydroxylation is 1. The molecule has 2 aromatic rings. The Morgan fingerprint density at radius 1 is 1.15 bits per heavy atom. The average Bonchev–Trinajstić information content (AvgIpc) is 2.68. The lowest BCUT2D eigenvalue weighted by Crippen LogP contribution is -2.19. The molecule has 3 rings (SSSR count). The fraction of sp³-hybridized carbons (Fsp3) is 0.286. The Kier molecular flexibility index (Phi) is 5.58. The molecule has 1 aliphatic carbocycles. The molecule has 0 spiro atoms. The largest absolute Gasteiger partial charge is 0.294 e. The smallest absolute Gasteiger partial charge is 0.274 e. The van der Waals surface area contributed by atoms with Gasteiger partial charge in [-0.05, 0) is 67.5 Å². The van der Waals surface area contributed by atoms with Gasteiger partial charge < -0.3 is 0 Å². The SMILES string of the molecule is CC1=C(c2cccnc2)CCCC(=O)c2ccc(C(=O)NO)cc2CC1. The molecule has 1 aliphatic rings. The van der Waals surface area contributed by atoms with Gasteiger partial charge in [0, 0.05) is 29.9 Å². The molecular formula is C21H22N2O3. The van der Waals surface area contributed by atoms with Crippen LogP contribution in [0.3, 0.4) is 0 Å². The van der Waals surface area contributed by atoms with E-state index in [4.69, 9.17) is 5.21 Å². The summed E-state index contributed by atoms with van der Waals surface area (Å²) in [5.74, 6) is -0.471. The number of carbonyl (C=O) groups is 2. The van der Waals surface area contributed by atoms with Gasteiger partial charge in [-0.2, -0.15) is 0 Å². The van der Waals surface area contributed by atoms with Gasteiger partial charge in [-0.25, -0.2) is 5.48 Å². The van der Waals surface area contributed by atoms with E-state index in [2.05, 4.69) is 18.0 Å². The number of hydrogen-bond acceptors (Lipinski definition) is 4. The summed E-state index contributed by atoms with van der Waals surface area (Å²) in [6, 6.07) is 8.96. The van der Waals surface area contributed by atoms with Crippen molar-refractivity contribution >= 4 is 17.3 Å². The lowest BCUT2D eigenvalue weighted by molar-refractivity contribution is 0.0706. The fourth-order valence-corrected chi connectivity index (χ4v) is 3.46. The van der Waals surface area contributed by atoms with Gasteiger partial charge in [0.15, 0.2) is 5.78 Å². The molecule has 134 valence electrons. The molecule has 0 unspecified atom stereocenters. The Morgan fingerprint density at radius 2 is 2.00 bits per heavy atom. The first-order valence-corrected chi connectivity index (χ1v) is 8.79. The number of fused-ring (bicyclic) bond motifs is 1. The Hall–Kier alpha value is -2.79. The van der Waals surface area contributed by atoms with E-state index in [-0.39, 0.29) is 5.78 Å². The molecule has 0 saturated heterocycles. The van der Waals surface area contributed by atoms with E-state index in [0.29, 0.717) is 24.0 Å². The topological polar surface area (TPSA) is 79.3 Å². The number of carbonyl (C=O) groups excluding carboxylic acids is 2. The minimum atomic E-state index is -0.569. The molecule has 0 aliphatic heterocycles. The van der Waals surface area contributed by atoms with Crippen LogP contribution < -0.4 is 5.48 Å². The third kappa shape index (κ3) is 3.89. The number of nitrogens with one attached hydrogen (secondary N) is 1. The summed E-state index contributed by atoms with van der Waals surface area (Å²) in [6.07, 6.45) is 7.19. The summed E-state index contributed by atoms with van der Waals surface area (Å²) < 4.78 is 0. The number of hydroxylamine groups is 1. The highest BCUT2D eigenvalue weighted by Crippen LogP contribution is 2.29. The Balaban J connectivity index is 1.97. The van der Waals surface area contributed by atoms with Crippen molar-refractivity contribution in [3.05, 3.63) is 70.6 Å². The quantitative estimate of drug-likeness (QED) is 0.634. The Morgan fingerprint density at radius 3 is 2.73 bits per heavy atom. The van der Waals surface area contributed by atoms with Gasteiger partial charge in [-0.1, -0.05) is 17.7 Å². The van der Waals surface area contributed by atoms with Crippen LogP contribution in [0.15, 0.2) is 48.3 Å². The number of rotatable bonds is 2. The van der Waals surface area contributed by atoms with Crippen molar-refractivity contribution < 1.29 is 14.8 Å². The third-order valence-corrected chi connectivity index (χ3v) is 4.89. The standard InChI is InChI=1S/C21H22N2O3/c1-14-7-8-15-12-16(21(25)23-26)9-10-19(15)20(24)6-2-5-18(14)17-4-3-11-22-13-17/h3-4,9-13,26H,2,5-8H2,1H3,(H,23,25). The second kappa shape index (κ2) is 8.06. The first-order valence-electron chi connectivity index (χ1n) is 8.79. The van der Waals surface area contributed by atoms with Crippen molar-refractivity contribution in [1.82, 2.24) is 10.5 Å². The van der Waals surface area contributed by atoms with Crippen molar-refractivity contribution in [3.63, 3.8) is 0 Å². The van der Waals surface area contributed by atoms with E-state index in [9.17, 15) is 9.59 Å². The summed E-state index contributed by atoms with van der Waals surface area (Å²) in [6.45, 7) is 2.12. The molecule has 1 aromatic carbocycles. The number of nitrogens with zero attached hydrogens (tertiary/aromatic N) is 1. The van der Waals surface area contributed by atoms with Crippen molar-refractivity contribution in [2.75, 3.05) is 0 Å². The van der Waals surface area contributed by atoms with E-state index >= 15 is 0 Å². The molecule has 0 bridgehead atoms. The number of amides is 1. The lowest BCUT2D eigenvalue weighted by Gasteiger charge is -2.17. The molecule has 1 amide bonds. The van der Waals surface area contributed by atoms with Crippen LogP contribution >= 0.6 is 0 Å². The van der Waals surface area contributed by atoms with Crippen LogP contribution in [0.5, 0.6) is 0 Å². The van der Waals surface area contributed by atoms with Gasteiger partial charge in [-0.3, -0.25) is 19.8 Å². The van der Waals surface area contributed by atoms with Crippen LogP contribution in [0.2, 0.25) is 0 Å². The van der Waals surface area contributed by atoms with Gasteiger partial charge >= 0.3 is 0 Å². The highest BCUT2D eigenvalue weighted by molar-refractivity contribution is 6.00. The zero-order chi connectivity index (χ0) is 18.5. The number of hydrogen-bond donors (Lipinski definition) is 2. The van der Waals surface area contributed by atoms with E-state index in [1.165, 1.54) is 11.1 Å². The average molecular weight is 350 g/mol. The first kappa shape index (κ1) is 18.0. The number of pyridine rings is 1. The van der Waals surface area contributed by atoms with Crippen LogP contribution in [-0.4, -0.2) is 21.9 Å². The zero-order valence-electron chi connectivity index (χ0n) is 14.8. The van der Waals surface area contributed by atoms with Gasteiger partial charge in [0.2, 0.25) is 0 Å². The van der Waals surface area contributed by atoms with Crippen LogP contribution in [-0.2, 0) is 6.42 Å². The lowest BCUT2D eigenvalue weighted by atomic mass is 9.88. The third-order valence-electron chi connectivity index (χ3n) is 4.89. The highest BCUT2D eigenvalue weighted by Gasteiger charge is 2.17. The second-order valence-electron chi connectivity index (χ2n) is 6.59. The summed E-state index contributed by atoms with van der Waals surface area (Å²) >= 11 is 0. The molecule has 5 heteroatoms. The maximum absolute atomic E-state index is 12.6. The maximum atomic E-state index is 12.6. The second-order valence-corrected chi connectivity index (χ2v) is 6.59. The number of ketones is 1. The van der Waals surface area contributed by atoms with Crippen molar-refractivity contribution in [3.8, 4) is 0 Å². The number of allylic oxidation sites excluding steroid dienone is 2. The number of Topliss-reactive ketones (excluding diaryl/α,β-unsaturated/α-hetero) is 1. The first-order chi connectivity index (χ1) is 12.6. The van der Waals surface area contributed by atoms with Crippen LogP contribution in [0.4, 0.5) is 0 Å². The predicted octanol–water partition coefficient (Wildman–Crippen LogP) is 3.97. The summed E-state index contributed by atoms with van der Waals surface area (Å²) in [5, 5.41) is 8.85. The molecule has 5 nitrogen and oxygen atoms in total. The number of aromatic nitrogens is 1. The molecule has 0 radical (unpaired) electrons. The molecule has 1 heterocycles. The van der Waals surface area contributed by atoms with Crippen LogP contribution in [0, 0.1) is 0 Å². The minimum Gasteiger partial charge on any atom is -0.294 e. The predicted molar refractivity (Wildman–Crippen MR) is 99.0 cm³/mol. The Labute approximate surface area is 152 Å². The highest BCUT2D eigenvalue weighted by atomic mass is 16.5. The normalized spacial score (nSPS) is 15.4. The van der Waals surface area contributed by atoms with Gasteiger partial charge in [-0.15, -0.1) is 0 Å². The molecule has 0 fully saturated rings. The zero-order valence-corrected chi connectivity index (χ0v) is 14.8.